The van der Waals surface area contributed by atoms with Gasteiger partial charge < -0.3 is 15.4 Å². The van der Waals surface area contributed by atoms with Crippen molar-refractivity contribution in [1.29, 1.82) is 0 Å². The summed E-state index contributed by atoms with van der Waals surface area (Å²) in [6.07, 6.45) is 2.00. The topological polar surface area (TPSA) is 50.8 Å². The van der Waals surface area contributed by atoms with E-state index >= 15 is 0 Å². The second kappa shape index (κ2) is 4.44. The highest BCUT2D eigenvalue weighted by atomic mass is 16.5. The summed E-state index contributed by atoms with van der Waals surface area (Å²) < 4.78 is 5.79. The predicted octanol–water partition coefficient (Wildman–Crippen LogP) is 2.09. The molecule has 1 spiro atoms. The van der Waals surface area contributed by atoms with Crippen molar-refractivity contribution in [2.24, 2.45) is 10.7 Å². The second-order valence-corrected chi connectivity index (χ2v) is 5.43. The zero-order valence-electron chi connectivity index (χ0n) is 11.6. The van der Waals surface area contributed by atoms with Crippen molar-refractivity contribution < 1.29 is 4.74 Å². The number of hydrogen-bond acceptors (Lipinski definition) is 4. The Labute approximate surface area is 114 Å². The quantitative estimate of drug-likeness (QED) is 0.885. The summed E-state index contributed by atoms with van der Waals surface area (Å²) in [7, 11) is 0. The van der Waals surface area contributed by atoms with Crippen LogP contribution >= 0.6 is 0 Å². The molecule has 0 radical (unpaired) electrons. The smallest absolute Gasteiger partial charge is 0.192 e. The molecule has 4 heteroatoms. The molecule has 2 aliphatic heterocycles. The van der Waals surface area contributed by atoms with Gasteiger partial charge in [-0.15, -0.1) is 0 Å². The Bertz CT molecular complexity index is 514. The summed E-state index contributed by atoms with van der Waals surface area (Å²) >= 11 is 0. The van der Waals surface area contributed by atoms with E-state index in [1.54, 1.807) is 0 Å². The molecule has 0 aromatic heterocycles. The van der Waals surface area contributed by atoms with Gasteiger partial charge in [-0.3, -0.25) is 4.99 Å². The van der Waals surface area contributed by atoms with Gasteiger partial charge in [-0.05, 0) is 19.4 Å². The third kappa shape index (κ3) is 1.70. The van der Waals surface area contributed by atoms with Crippen LogP contribution in [0.5, 0.6) is 5.75 Å². The van der Waals surface area contributed by atoms with E-state index in [4.69, 9.17) is 10.5 Å². The van der Waals surface area contributed by atoms with Gasteiger partial charge >= 0.3 is 0 Å². The lowest BCUT2D eigenvalue weighted by Crippen LogP contribution is -2.55. The maximum Gasteiger partial charge on any atom is 0.192 e. The molecule has 1 aromatic rings. The number of ether oxygens (including phenoxy) is 1. The van der Waals surface area contributed by atoms with Crippen molar-refractivity contribution in [3.8, 4) is 5.75 Å². The molecule has 0 fully saturated rings. The molecule has 1 aromatic carbocycles. The van der Waals surface area contributed by atoms with Gasteiger partial charge in [0.05, 0.1) is 18.7 Å². The third-order valence-electron chi connectivity index (χ3n) is 4.40. The molecule has 102 valence electrons. The maximum absolute atomic E-state index is 6.15. The van der Waals surface area contributed by atoms with Gasteiger partial charge in [0.25, 0.3) is 0 Å². The first-order valence-electron chi connectivity index (χ1n) is 7.00. The van der Waals surface area contributed by atoms with E-state index in [1.807, 2.05) is 12.1 Å². The summed E-state index contributed by atoms with van der Waals surface area (Å²) in [5.74, 6) is 1.65. The number of rotatable bonds is 2. The largest absolute Gasteiger partial charge is 0.493 e. The molecular weight excluding hydrogens is 238 g/mol. The van der Waals surface area contributed by atoms with Crippen LogP contribution in [0.2, 0.25) is 0 Å². The van der Waals surface area contributed by atoms with Gasteiger partial charge in [0.2, 0.25) is 0 Å². The van der Waals surface area contributed by atoms with E-state index in [9.17, 15) is 0 Å². The van der Waals surface area contributed by atoms with Crippen molar-refractivity contribution in [1.82, 2.24) is 4.90 Å². The number of aliphatic imine (C=N–C) groups is 1. The van der Waals surface area contributed by atoms with E-state index in [0.717, 1.165) is 31.7 Å². The first-order valence-corrected chi connectivity index (χ1v) is 7.00. The normalized spacial score (nSPS) is 26.8. The average Bonchev–Trinajstić information content (AvgIpc) is 2.76. The van der Waals surface area contributed by atoms with Crippen LogP contribution in [0.4, 0.5) is 0 Å². The van der Waals surface area contributed by atoms with Crippen molar-refractivity contribution in [3.63, 3.8) is 0 Å². The van der Waals surface area contributed by atoms with Crippen LogP contribution in [0.1, 0.15) is 32.3 Å². The highest BCUT2D eigenvalue weighted by Gasteiger charge is 2.48. The molecule has 2 atom stereocenters. The molecule has 0 bridgehead atoms. The average molecular weight is 259 g/mol. The Morgan fingerprint density at radius 2 is 2.26 bits per heavy atom. The van der Waals surface area contributed by atoms with Gasteiger partial charge in [0.1, 0.15) is 5.75 Å². The maximum atomic E-state index is 6.15. The minimum Gasteiger partial charge on any atom is -0.493 e. The van der Waals surface area contributed by atoms with Crippen LogP contribution in [0.25, 0.3) is 0 Å². The molecule has 0 aliphatic carbocycles. The molecule has 2 N–H and O–H groups in total. The molecule has 3 rings (SSSR count). The van der Waals surface area contributed by atoms with Crippen LogP contribution < -0.4 is 10.5 Å². The zero-order valence-corrected chi connectivity index (χ0v) is 11.6. The fourth-order valence-corrected chi connectivity index (χ4v) is 3.27. The number of guanidine groups is 1. The monoisotopic (exact) mass is 259 g/mol. The van der Waals surface area contributed by atoms with E-state index < -0.39 is 0 Å². The highest BCUT2D eigenvalue weighted by Crippen LogP contribution is 2.44. The van der Waals surface area contributed by atoms with Crippen molar-refractivity contribution in [2.75, 3.05) is 13.2 Å². The van der Waals surface area contributed by atoms with Crippen molar-refractivity contribution >= 4 is 5.96 Å². The highest BCUT2D eigenvalue weighted by molar-refractivity contribution is 5.82. The fraction of sp³-hybridized carbons (Fsp3) is 0.533. The Morgan fingerprint density at radius 1 is 1.47 bits per heavy atom. The van der Waals surface area contributed by atoms with E-state index in [-0.39, 0.29) is 5.54 Å². The third-order valence-corrected chi connectivity index (χ3v) is 4.40. The van der Waals surface area contributed by atoms with Crippen molar-refractivity contribution in [3.05, 3.63) is 29.8 Å². The number of benzene rings is 1. The molecule has 2 aliphatic rings. The number of hydrogen-bond donors (Lipinski definition) is 1. The molecule has 0 amide bonds. The summed E-state index contributed by atoms with van der Waals surface area (Å²) in [4.78, 5) is 6.83. The summed E-state index contributed by atoms with van der Waals surface area (Å²) in [5.41, 5.74) is 7.28. The summed E-state index contributed by atoms with van der Waals surface area (Å²) in [6, 6.07) is 8.66. The van der Waals surface area contributed by atoms with Gasteiger partial charge in [0.15, 0.2) is 5.96 Å². The van der Waals surface area contributed by atoms with Gasteiger partial charge in [0, 0.05) is 18.0 Å². The van der Waals surface area contributed by atoms with E-state index in [1.165, 1.54) is 5.56 Å². The lowest BCUT2D eigenvalue weighted by molar-refractivity contribution is 0.0936. The Kier molecular flexibility index (Phi) is 2.88. The zero-order chi connectivity index (χ0) is 13.5. The Hall–Kier alpha value is -1.71. The Balaban J connectivity index is 2.09. The standard InChI is InChI=1S/C15H21N3O/c1-3-11(2)18-14(16)17-10-15(18)8-9-19-13-7-5-4-6-12(13)15/h4-7,11H,3,8-10H2,1-2H3,(H2,16,17). The number of nitrogens with zero attached hydrogens (tertiary/aromatic N) is 2. The number of para-hydroxylation sites is 1. The number of fused-ring (bicyclic) bond motifs is 2. The first-order chi connectivity index (χ1) is 9.19. The summed E-state index contributed by atoms with van der Waals surface area (Å²) in [6.45, 7) is 5.87. The minimum absolute atomic E-state index is 0.103. The molecule has 19 heavy (non-hydrogen) atoms. The molecular formula is C15H21N3O. The van der Waals surface area contributed by atoms with Crippen LogP contribution in [0, 0.1) is 0 Å². The molecule has 0 saturated heterocycles. The fourth-order valence-electron chi connectivity index (χ4n) is 3.27. The Morgan fingerprint density at radius 3 is 3.05 bits per heavy atom. The van der Waals surface area contributed by atoms with E-state index in [0.29, 0.717) is 12.0 Å². The van der Waals surface area contributed by atoms with Crippen LogP contribution in [0.15, 0.2) is 29.3 Å². The van der Waals surface area contributed by atoms with Crippen LogP contribution in [-0.2, 0) is 5.54 Å². The van der Waals surface area contributed by atoms with E-state index in [2.05, 4.69) is 35.9 Å². The number of nitrogens with two attached hydrogens (primary N) is 1. The first kappa shape index (κ1) is 12.3. The SMILES string of the molecule is CCC(C)N1C(N)=NCC12CCOc1ccccc12. The molecule has 2 heterocycles. The van der Waals surface area contributed by atoms with Gasteiger partial charge in [-0.1, -0.05) is 25.1 Å². The second-order valence-electron chi connectivity index (χ2n) is 5.43. The van der Waals surface area contributed by atoms with Gasteiger partial charge in [-0.25, -0.2) is 0 Å². The lowest BCUT2D eigenvalue weighted by Gasteiger charge is -2.45. The lowest BCUT2D eigenvalue weighted by atomic mass is 9.82. The molecule has 0 saturated carbocycles. The van der Waals surface area contributed by atoms with Gasteiger partial charge in [-0.2, -0.15) is 0 Å². The molecule has 4 nitrogen and oxygen atoms in total. The minimum atomic E-state index is -0.103. The van der Waals surface area contributed by atoms with Crippen molar-refractivity contribution in [2.45, 2.75) is 38.3 Å². The summed E-state index contributed by atoms with van der Waals surface area (Å²) in [5, 5.41) is 0. The predicted molar refractivity (Wildman–Crippen MR) is 76.3 cm³/mol. The van der Waals surface area contributed by atoms with Crippen LogP contribution in [0.3, 0.4) is 0 Å². The molecule has 2 unspecified atom stereocenters. The van der Waals surface area contributed by atoms with Crippen LogP contribution in [-0.4, -0.2) is 30.1 Å².